The summed E-state index contributed by atoms with van der Waals surface area (Å²) in [6.45, 7) is 2.87. The van der Waals surface area contributed by atoms with Crippen LogP contribution in [0.15, 0.2) is 48.5 Å². The summed E-state index contributed by atoms with van der Waals surface area (Å²) in [6, 6.07) is 11.5. The van der Waals surface area contributed by atoms with Crippen LogP contribution in [-0.2, 0) is 4.79 Å². The predicted octanol–water partition coefficient (Wildman–Crippen LogP) is 3.32. The number of nitro benzene ring substituents is 1. The summed E-state index contributed by atoms with van der Waals surface area (Å²) in [6.07, 6.45) is 4.62. The molecule has 0 radical (unpaired) electrons. The molecule has 1 saturated heterocycles. The van der Waals surface area contributed by atoms with Crippen LogP contribution in [0.4, 0.5) is 11.4 Å². The second-order valence-corrected chi connectivity index (χ2v) is 8.51. The molecule has 1 fully saturated rings. The summed E-state index contributed by atoms with van der Waals surface area (Å²) >= 11 is 0. The number of piperidine rings is 1. The maximum Gasteiger partial charge on any atom is 0.323 e. The molecule has 0 saturated carbocycles. The van der Waals surface area contributed by atoms with Gasteiger partial charge in [0.05, 0.1) is 10.8 Å². The van der Waals surface area contributed by atoms with Crippen LogP contribution in [0.2, 0.25) is 0 Å². The third kappa shape index (κ3) is 7.05. The van der Waals surface area contributed by atoms with Gasteiger partial charge in [0.1, 0.15) is 18.5 Å². The number of aliphatic carboxylic acids is 1. The number of hydrogen-bond acceptors (Lipinski definition) is 7. The van der Waals surface area contributed by atoms with Gasteiger partial charge < -0.3 is 25.4 Å². The summed E-state index contributed by atoms with van der Waals surface area (Å²) in [5, 5.41) is 36.5. The molecule has 5 N–H and O–H groups in total. The first-order valence-electron chi connectivity index (χ1n) is 11.5. The number of carboxylic acids is 1. The number of nitrogens with zero attached hydrogens (tertiary/aromatic N) is 3. The molecule has 1 aliphatic heterocycles. The Morgan fingerprint density at radius 3 is 2.61 bits per heavy atom. The molecule has 11 nitrogen and oxygen atoms in total. The minimum atomic E-state index is -1.07. The fourth-order valence-electron chi connectivity index (χ4n) is 3.98. The molecule has 0 amide bonds. The molecule has 0 bridgehead atoms. The lowest BCUT2D eigenvalue weighted by Crippen LogP contribution is -2.40. The van der Waals surface area contributed by atoms with Crippen LogP contribution in [0.25, 0.3) is 6.08 Å². The Balaban J connectivity index is 1.77. The van der Waals surface area contributed by atoms with Gasteiger partial charge >= 0.3 is 11.7 Å². The molecule has 0 aromatic heterocycles. The van der Waals surface area contributed by atoms with Crippen molar-refractivity contribution in [2.75, 3.05) is 31.1 Å². The van der Waals surface area contributed by atoms with E-state index in [1.807, 2.05) is 11.0 Å². The SMILES string of the molecule is CC(=N)N1CCC(Oc2ccc(N(CC=Cc3cccc(C(=N)N)c3)CC(=O)O)cc2[N+](=O)[O-])CC1. The van der Waals surface area contributed by atoms with E-state index in [0.29, 0.717) is 43.0 Å². The lowest BCUT2D eigenvalue weighted by atomic mass is 10.1. The van der Waals surface area contributed by atoms with E-state index in [1.54, 1.807) is 43.3 Å². The average molecular weight is 495 g/mol. The van der Waals surface area contributed by atoms with Crippen molar-refractivity contribution in [3.8, 4) is 5.75 Å². The van der Waals surface area contributed by atoms with Crippen LogP contribution < -0.4 is 15.4 Å². The van der Waals surface area contributed by atoms with Gasteiger partial charge in [-0.2, -0.15) is 0 Å². The number of ether oxygens (including phenoxy) is 1. The number of nitrogens with two attached hydrogens (primary N) is 1. The highest BCUT2D eigenvalue weighted by molar-refractivity contribution is 5.95. The van der Waals surface area contributed by atoms with Gasteiger partial charge in [-0.05, 0) is 30.7 Å². The molecule has 0 atom stereocenters. The Hall–Kier alpha value is -4.41. The van der Waals surface area contributed by atoms with E-state index in [-0.39, 0.29) is 36.5 Å². The number of nitrogen functional groups attached to an aromatic ring is 1. The Morgan fingerprint density at radius 1 is 1.28 bits per heavy atom. The standard InChI is InChI=1S/C25H30N6O5/c1-17(26)29-12-9-21(10-13-29)36-23-8-7-20(15-22(23)31(34)35)30(16-24(32)33)11-3-5-18-4-2-6-19(14-18)25(27)28/h2-8,14-15,21,26H,9-13,16H2,1H3,(H3,27,28)(H,32,33). The topological polar surface area (TPSA) is 170 Å². The molecular weight excluding hydrogens is 464 g/mol. The van der Waals surface area contributed by atoms with Crippen LogP contribution in [0.1, 0.15) is 30.9 Å². The Kier molecular flexibility index (Phi) is 8.61. The number of rotatable bonds is 10. The van der Waals surface area contributed by atoms with Crippen molar-refractivity contribution in [1.29, 1.82) is 10.8 Å². The summed E-state index contributed by atoms with van der Waals surface area (Å²) in [5.41, 5.74) is 7.04. The number of benzene rings is 2. The van der Waals surface area contributed by atoms with Crippen molar-refractivity contribution in [3.63, 3.8) is 0 Å². The first kappa shape index (κ1) is 26.2. The highest BCUT2D eigenvalue weighted by Gasteiger charge is 2.25. The quantitative estimate of drug-likeness (QED) is 0.169. The molecule has 3 rings (SSSR count). The highest BCUT2D eigenvalue weighted by atomic mass is 16.6. The van der Waals surface area contributed by atoms with Gasteiger partial charge in [-0.25, -0.2) is 0 Å². The Labute approximate surface area is 208 Å². The van der Waals surface area contributed by atoms with E-state index in [4.69, 9.17) is 21.3 Å². The molecule has 0 aliphatic carbocycles. The molecule has 1 heterocycles. The molecule has 0 spiro atoms. The minimum Gasteiger partial charge on any atom is -0.483 e. The first-order valence-corrected chi connectivity index (χ1v) is 11.5. The fraction of sp³-hybridized carbons (Fsp3) is 0.320. The minimum absolute atomic E-state index is 0.0530. The fourth-order valence-corrected chi connectivity index (χ4v) is 3.98. The van der Waals surface area contributed by atoms with Gasteiger partial charge in [0.2, 0.25) is 0 Å². The van der Waals surface area contributed by atoms with Gasteiger partial charge in [0, 0.05) is 49.8 Å². The van der Waals surface area contributed by atoms with Gasteiger partial charge in [0.15, 0.2) is 5.75 Å². The van der Waals surface area contributed by atoms with Crippen LogP contribution in [-0.4, -0.2) is 64.9 Å². The van der Waals surface area contributed by atoms with E-state index >= 15 is 0 Å². The molecular formula is C25H30N6O5. The van der Waals surface area contributed by atoms with Crippen molar-refractivity contribution in [2.24, 2.45) is 5.73 Å². The van der Waals surface area contributed by atoms with E-state index in [9.17, 15) is 20.0 Å². The predicted molar refractivity (Wildman–Crippen MR) is 138 cm³/mol. The van der Waals surface area contributed by atoms with Crippen LogP contribution in [0.5, 0.6) is 5.75 Å². The van der Waals surface area contributed by atoms with Crippen molar-refractivity contribution < 1.29 is 19.6 Å². The molecule has 2 aromatic carbocycles. The monoisotopic (exact) mass is 494 g/mol. The van der Waals surface area contributed by atoms with Crippen LogP contribution in [0, 0.1) is 20.9 Å². The lowest BCUT2D eigenvalue weighted by molar-refractivity contribution is -0.386. The smallest absolute Gasteiger partial charge is 0.323 e. The van der Waals surface area contributed by atoms with Crippen molar-refractivity contribution in [3.05, 3.63) is 69.8 Å². The number of nitrogens with one attached hydrogen (secondary N) is 2. The number of carbonyl (C=O) groups is 1. The zero-order valence-corrected chi connectivity index (χ0v) is 20.0. The molecule has 11 heteroatoms. The summed E-state index contributed by atoms with van der Waals surface area (Å²) in [7, 11) is 0. The maximum atomic E-state index is 11.8. The number of carboxylic acid groups (broad SMARTS) is 1. The zero-order valence-electron chi connectivity index (χ0n) is 20.0. The first-order chi connectivity index (χ1) is 17.1. The molecule has 36 heavy (non-hydrogen) atoms. The number of amidine groups is 2. The second kappa shape index (κ2) is 11.8. The van der Waals surface area contributed by atoms with E-state index in [2.05, 4.69) is 0 Å². The van der Waals surface area contributed by atoms with Crippen LogP contribution in [0.3, 0.4) is 0 Å². The van der Waals surface area contributed by atoms with Gasteiger partial charge in [0.25, 0.3) is 0 Å². The lowest BCUT2D eigenvalue weighted by Gasteiger charge is -2.32. The largest absolute Gasteiger partial charge is 0.483 e. The van der Waals surface area contributed by atoms with Gasteiger partial charge in [-0.3, -0.25) is 25.7 Å². The Morgan fingerprint density at radius 2 is 2.00 bits per heavy atom. The normalized spacial score (nSPS) is 14.0. The Bertz CT molecular complexity index is 1170. The highest BCUT2D eigenvalue weighted by Crippen LogP contribution is 2.33. The van der Waals surface area contributed by atoms with Crippen molar-refractivity contribution in [1.82, 2.24) is 4.90 Å². The maximum absolute atomic E-state index is 11.8. The van der Waals surface area contributed by atoms with E-state index < -0.39 is 10.9 Å². The molecule has 1 aliphatic rings. The molecule has 0 unspecified atom stereocenters. The van der Waals surface area contributed by atoms with E-state index in [0.717, 1.165) is 5.56 Å². The van der Waals surface area contributed by atoms with Crippen molar-refractivity contribution in [2.45, 2.75) is 25.9 Å². The molecule has 2 aromatic rings. The number of hydrogen-bond donors (Lipinski definition) is 4. The molecule has 190 valence electrons. The third-order valence-corrected chi connectivity index (χ3v) is 5.87. The summed E-state index contributed by atoms with van der Waals surface area (Å²) in [5.74, 6) is -0.496. The number of anilines is 1. The van der Waals surface area contributed by atoms with Crippen LogP contribution >= 0.6 is 0 Å². The number of likely N-dealkylation sites (tertiary alicyclic amines) is 1. The zero-order chi connectivity index (χ0) is 26.2. The van der Waals surface area contributed by atoms with Gasteiger partial charge in [-0.15, -0.1) is 0 Å². The summed E-state index contributed by atoms with van der Waals surface area (Å²) < 4.78 is 5.95. The number of nitro groups is 1. The second-order valence-electron chi connectivity index (χ2n) is 8.51. The average Bonchev–Trinajstić information content (AvgIpc) is 2.84. The van der Waals surface area contributed by atoms with Crippen molar-refractivity contribution >= 4 is 35.1 Å². The third-order valence-electron chi connectivity index (χ3n) is 5.87. The van der Waals surface area contributed by atoms with Gasteiger partial charge in [-0.1, -0.05) is 30.4 Å². The van der Waals surface area contributed by atoms with E-state index in [1.165, 1.54) is 17.0 Å². The summed E-state index contributed by atoms with van der Waals surface area (Å²) in [4.78, 5) is 26.2.